The number of hydrogen-bond donors (Lipinski definition) is 0. The number of benzene rings is 1. The van der Waals surface area contributed by atoms with E-state index in [0.717, 1.165) is 17.6 Å². The van der Waals surface area contributed by atoms with Crippen LogP contribution in [-0.4, -0.2) is 29.3 Å². The number of nitrogens with zero attached hydrogens (tertiary/aromatic N) is 2. The zero-order valence-electron chi connectivity index (χ0n) is 9.12. The number of ether oxygens (including phenoxy) is 1. The minimum Gasteiger partial charge on any atom is -0.497 e. The van der Waals surface area contributed by atoms with E-state index in [1.807, 2.05) is 24.3 Å². The van der Waals surface area contributed by atoms with Crippen LogP contribution in [0.1, 0.15) is 0 Å². The molecule has 0 bridgehead atoms. The van der Waals surface area contributed by atoms with E-state index in [4.69, 9.17) is 9.15 Å². The lowest BCUT2D eigenvalue weighted by Crippen LogP contribution is -1.82. The molecule has 2 rings (SSSR count). The summed E-state index contributed by atoms with van der Waals surface area (Å²) in [6.07, 6.45) is 0.794. The quantitative estimate of drug-likeness (QED) is 0.597. The van der Waals surface area contributed by atoms with Gasteiger partial charge in [-0.1, -0.05) is 11.8 Å². The normalized spacial score (nSPS) is 10.2. The van der Waals surface area contributed by atoms with E-state index in [-0.39, 0.29) is 0 Å². The minimum absolute atomic E-state index is 0.310. The van der Waals surface area contributed by atoms with Crippen LogP contribution in [0, 0.1) is 0 Å². The lowest BCUT2D eigenvalue weighted by Gasteiger charge is -1.99. The van der Waals surface area contributed by atoms with Gasteiger partial charge in [0.2, 0.25) is 5.89 Å². The molecule has 0 amide bonds. The van der Waals surface area contributed by atoms with E-state index in [0.29, 0.717) is 16.9 Å². The molecule has 0 spiro atoms. The smallest absolute Gasteiger partial charge is 0.277 e. The van der Waals surface area contributed by atoms with Crippen LogP contribution in [-0.2, 0) is 4.79 Å². The van der Waals surface area contributed by atoms with Gasteiger partial charge in [-0.3, -0.25) is 0 Å². The first-order valence-corrected chi connectivity index (χ1v) is 5.86. The lowest BCUT2D eigenvalue weighted by atomic mass is 10.2. The number of aldehydes is 1. The van der Waals surface area contributed by atoms with Crippen molar-refractivity contribution in [3.63, 3.8) is 0 Å². The molecule has 1 aromatic carbocycles. The molecule has 0 saturated heterocycles. The molecule has 6 heteroatoms. The largest absolute Gasteiger partial charge is 0.497 e. The van der Waals surface area contributed by atoms with Gasteiger partial charge in [0.05, 0.1) is 12.9 Å². The maximum atomic E-state index is 10.2. The molecule has 0 aliphatic heterocycles. The predicted molar refractivity (Wildman–Crippen MR) is 63.1 cm³/mol. The molecular weight excluding hydrogens is 240 g/mol. The van der Waals surface area contributed by atoms with Crippen molar-refractivity contribution in [2.75, 3.05) is 12.9 Å². The lowest BCUT2D eigenvalue weighted by molar-refractivity contribution is -0.105. The summed E-state index contributed by atoms with van der Waals surface area (Å²) in [5, 5.41) is 8.12. The number of rotatable bonds is 5. The van der Waals surface area contributed by atoms with E-state index in [2.05, 4.69) is 10.2 Å². The summed E-state index contributed by atoms with van der Waals surface area (Å²) in [5.41, 5.74) is 0.816. The van der Waals surface area contributed by atoms with Gasteiger partial charge in [0.15, 0.2) is 0 Å². The van der Waals surface area contributed by atoms with Crippen LogP contribution in [0.25, 0.3) is 11.5 Å². The molecular formula is C11H10N2O3S. The van der Waals surface area contributed by atoms with Gasteiger partial charge in [0.1, 0.15) is 12.0 Å². The highest BCUT2D eigenvalue weighted by Crippen LogP contribution is 2.24. The van der Waals surface area contributed by atoms with Crippen LogP contribution in [0.15, 0.2) is 33.9 Å². The average molecular weight is 250 g/mol. The highest BCUT2D eigenvalue weighted by atomic mass is 32.2. The van der Waals surface area contributed by atoms with E-state index >= 15 is 0 Å². The molecule has 0 N–H and O–H groups in total. The molecule has 2 aromatic rings. The van der Waals surface area contributed by atoms with Gasteiger partial charge in [0, 0.05) is 5.56 Å². The Balaban J connectivity index is 2.15. The van der Waals surface area contributed by atoms with Crippen molar-refractivity contribution >= 4 is 18.0 Å². The zero-order chi connectivity index (χ0) is 12.1. The zero-order valence-corrected chi connectivity index (χ0v) is 9.94. The summed E-state index contributed by atoms with van der Waals surface area (Å²) < 4.78 is 10.4. The second kappa shape index (κ2) is 5.49. The maximum Gasteiger partial charge on any atom is 0.277 e. The molecule has 0 unspecified atom stereocenters. The second-order valence-electron chi connectivity index (χ2n) is 3.08. The Hall–Kier alpha value is -1.82. The van der Waals surface area contributed by atoms with Crippen LogP contribution in [0.2, 0.25) is 0 Å². The fraction of sp³-hybridized carbons (Fsp3) is 0.182. The summed E-state index contributed by atoms with van der Waals surface area (Å²) in [6, 6.07) is 7.30. The van der Waals surface area contributed by atoms with E-state index < -0.39 is 0 Å². The predicted octanol–water partition coefficient (Wildman–Crippen LogP) is 2.04. The Morgan fingerprint density at radius 2 is 2.12 bits per heavy atom. The summed E-state index contributed by atoms with van der Waals surface area (Å²) >= 11 is 1.21. The summed E-state index contributed by atoms with van der Waals surface area (Å²) in [6.45, 7) is 0. The number of methoxy groups -OCH3 is 1. The van der Waals surface area contributed by atoms with Crippen molar-refractivity contribution < 1.29 is 13.9 Å². The molecule has 0 aliphatic rings. The molecule has 5 nitrogen and oxygen atoms in total. The number of carbonyl (C=O) groups excluding carboxylic acids is 1. The fourth-order valence-corrected chi connectivity index (χ4v) is 1.67. The van der Waals surface area contributed by atoms with Crippen molar-refractivity contribution in [1.29, 1.82) is 0 Å². The molecule has 1 aromatic heterocycles. The molecule has 0 aliphatic carbocycles. The van der Waals surface area contributed by atoms with Gasteiger partial charge in [-0.15, -0.1) is 10.2 Å². The van der Waals surface area contributed by atoms with E-state index in [1.54, 1.807) is 7.11 Å². The third kappa shape index (κ3) is 2.85. The standard InChI is InChI=1S/C11H10N2O3S/c1-15-9-4-2-8(3-5-9)10-12-13-11(16-10)17-7-6-14/h2-6H,7H2,1H3. The molecule has 88 valence electrons. The number of hydrogen-bond acceptors (Lipinski definition) is 6. The molecule has 0 saturated carbocycles. The van der Waals surface area contributed by atoms with Crippen molar-refractivity contribution in [2.24, 2.45) is 0 Å². The fourth-order valence-electron chi connectivity index (χ4n) is 1.22. The maximum absolute atomic E-state index is 10.2. The Morgan fingerprint density at radius 3 is 2.76 bits per heavy atom. The number of thioether (sulfide) groups is 1. The Morgan fingerprint density at radius 1 is 1.35 bits per heavy atom. The highest BCUT2D eigenvalue weighted by molar-refractivity contribution is 7.99. The summed E-state index contributed by atoms with van der Waals surface area (Å²) in [4.78, 5) is 10.2. The van der Waals surface area contributed by atoms with E-state index in [9.17, 15) is 4.79 Å². The van der Waals surface area contributed by atoms with Crippen molar-refractivity contribution in [3.05, 3.63) is 24.3 Å². The van der Waals surface area contributed by atoms with Crippen LogP contribution in [0.5, 0.6) is 5.75 Å². The molecule has 1 heterocycles. The van der Waals surface area contributed by atoms with Crippen LogP contribution in [0.3, 0.4) is 0 Å². The first kappa shape index (κ1) is 11.7. The summed E-state index contributed by atoms with van der Waals surface area (Å²) in [5.74, 6) is 1.51. The van der Waals surface area contributed by atoms with Crippen LogP contribution < -0.4 is 4.74 Å². The number of aromatic nitrogens is 2. The number of carbonyl (C=O) groups is 1. The molecule has 0 radical (unpaired) electrons. The third-order valence-electron chi connectivity index (χ3n) is 2.02. The monoisotopic (exact) mass is 250 g/mol. The third-order valence-corrected chi connectivity index (χ3v) is 2.73. The van der Waals surface area contributed by atoms with Crippen molar-refractivity contribution in [3.8, 4) is 17.2 Å². The van der Waals surface area contributed by atoms with Crippen LogP contribution in [0.4, 0.5) is 0 Å². The van der Waals surface area contributed by atoms with E-state index in [1.165, 1.54) is 11.8 Å². The Labute approximate surface area is 102 Å². The first-order valence-electron chi connectivity index (χ1n) is 4.88. The average Bonchev–Trinajstić information content (AvgIpc) is 2.85. The second-order valence-corrected chi connectivity index (χ2v) is 4.05. The molecule has 0 fully saturated rings. The van der Waals surface area contributed by atoms with Crippen molar-refractivity contribution in [1.82, 2.24) is 10.2 Å². The van der Waals surface area contributed by atoms with Crippen LogP contribution >= 0.6 is 11.8 Å². The van der Waals surface area contributed by atoms with Gasteiger partial charge in [0.25, 0.3) is 5.22 Å². The Kier molecular flexibility index (Phi) is 3.77. The van der Waals surface area contributed by atoms with Gasteiger partial charge in [-0.05, 0) is 24.3 Å². The highest BCUT2D eigenvalue weighted by Gasteiger charge is 2.08. The molecule has 17 heavy (non-hydrogen) atoms. The van der Waals surface area contributed by atoms with Gasteiger partial charge < -0.3 is 13.9 Å². The minimum atomic E-state index is 0.310. The van der Waals surface area contributed by atoms with Crippen molar-refractivity contribution in [2.45, 2.75) is 5.22 Å². The summed E-state index contributed by atoms with van der Waals surface area (Å²) in [7, 11) is 1.61. The molecule has 0 atom stereocenters. The Bertz CT molecular complexity index is 496. The first-order chi connectivity index (χ1) is 8.33. The van der Waals surface area contributed by atoms with Gasteiger partial charge in [-0.2, -0.15) is 0 Å². The van der Waals surface area contributed by atoms with Gasteiger partial charge >= 0.3 is 0 Å². The SMILES string of the molecule is COc1ccc(-c2nnc(SCC=O)o2)cc1. The topological polar surface area (TPSA) is 65.2 Å². The van der Waals surface area contributed by atoms with Gasteiger partial charge in [-0.25, -0.2) is 0 Å².